The van der Waals surface area contributed by atoms with Gasteiger partial charge in [0.2, 0.25) is 5.91 Å². The Bertz CT molecular complexity index is 306. The van der Waals surface area contributed by atoms with Crippen molar-refractivity contribution in [2.24, 2.45) is 11.3 Å². The van der Waals surface area contributed by atoms with Gasteiger partial charge >= 0.3 is 0 Å². The maximum atomic E-state index is 11.4. The van der Waals surface area contributed by atoms with E-state index >= 15 is 0 Å². The monoisotopic (exact) mass is 237 g/mol. The van der Waals surface area contributed by atoms with E-state index in [1.165, 1.54) is 12.8 Å². The summed E-state index contributed by atoms with van der Waals surface area (Å²) in [5.41, 5.74) is 0.431. The molecule has 0 bridgehead atoms. The summed E-state index contributed by atoms with van der Waals surface area (Å²) in [4.78, 5) is 11.4. The van der Waals surface area contributed by atoms with Crippen LogP contribution < -0.4 is 10.6 Å². The lowest BCUT2D eigenvalue weighted by Crippen LogP contribution is -2.45. The van der Waals surface area contributed by atoms with Crippen LogP contribution in [0.4, 0.5) is 0 Å². The molecule has 0 radical (unpaired) electrons. The molecule has 4 heteroatoms. The minimum atomic E-state index is -0.0939. The number of nitriles is 1. The van der Waals surface area contributed by atoms with E-state index in [2.05, 4.69) is 31.4 Å². The zero-order chi connectivity index (χ0) is 12.9. The number of carbonyl (C=O) groups is 1. The molecular weight excluding hydrogens is 214 g/mol. The second-order valence-corrected chi connectivity index (χ2v) is 5.81. The van der Waals surface area contributed by atoms with Crippen LogP contribution in [-0.2, 0) is 4.79 Å². The zero-order valence-electron chi connectivity index (χ0n) is 11.0. The van der Waals surface area contributed by atoms with Crippen molar-refractivity contribution in [3.05, 3.63) is 0 Å². The van der Waals surface area contributed by atoms with E-state index in [9.17, 15) is 4.79 Å². The van der Waals surface area contributed by atoms with E-state index in [4.69, 9.17) is 5.26 Å². The van der Waals surface area contributed by atoms with Crippen LogP contribution in [-0.4, -0.2) is 25.0 Å². The largest absolute Gasteiger partial charge is 0.342 e. The number of nitrogens with zero attached hydrogens (tertiary/aromatic N) is 1. The molecular formula is C13H23N3O. The number of hydrogen-bond donors (Lipinski definition) is 2. The Morgan fingerprint density at radius 2 is 2.24 bits per heavy atom. The normalized spacial score (nSPS) is 27.2. The van der Waals surface area contributed by atoms with Gasteiger partial charge in [-0.05, 0) is 30.6 Å². The second-order valence-electron chi connectivity index (χ2n) is 5.81. The molecule has 1 aliphatic carbocycles. The minimum Gasteiger partial charge on any atom is -0.342 e. The first kappa shape index (κ1) is 14.0. The topological polar surface area (TPSA) is 64.9 Å². The van der Waals surface area contributed by atoms with E-state index in [0.717, 1.165) is 6.42 Å². The maximum absolute atomic E-state index is 11.4. The minimum absolute atomic E-state index is 0.0910. The number of hydrogen-bond acceptors (Lipinski definition) is 3. The van der Waals surface area contributed by atoms with Gasteiger partial charge in [0.15, 0.2) is 0 Å². The van der Waals surface area contributed by atoms with Crippen molar-refractivity contribution in [3.63, 3.8) is 0 Å². The first-order valence-electron chi connectivity index (χ1n) is 6.31. The molecule has 1 saturated carbocycles. The predicted molar refractivity (Wildman–Crippen MR) is 67.2 cm³/mol. The van der Waals surface area contributed by atoms with Crippen molar-refractivity contribution < 1.29 is 4.79 Å². The molecule has 1 fully saturated rings. The van der Waals surface area contributed by atoms with Crippen molar-refractivity contribution in [1.82, 2.24) is 10.6 Å². The fraction of sp³-hybridized carbons (Fsp3) is 0.846. The molecule has 0 spiro atoms. The van der Waals surface area contributed by atoms with E-state index in [-0.39, 0.29) is 12.5 Å². The summed E-state index contributed by atoms with van der Waals surface area (Å²) >= 11 is 0. The first-order valence-corrected chi connectivity index (χ1v) is 6.31. The molecule has 0 aromatic heterocycles. The van der Waals surface area contributed by atoms with Gasteiger partial charge in [-0.1, -0.05) is 20.8 Å². The van der Waals surface area contributed by atoms with Gasteiger partial charge in [-0.15, -0.1) is 0 Å². The van der Waals surface area contributed by atoms with Crippen molar-refractivity contribution in [2.45, 2.75) is 46.1 Å². The van der Waals surface area contributed by atoms with Gasteiger partial charge in [-0.25, -0.2) is 0 Å². The van der Waals surface area contributed by atoms with Crippen molar-refractivity contribution in [3.8, 4) is 6.07 Å². The Morgan fingerprint density at radius 3 is 2.82 bits per heavy atom. The van der Waals surface area contributed by atoms with Crippen LogP contribution >= 0.6 is 0 Å². The van der Waals surface area contributed by atoms with Gasteiger partial charge < -0.3 is 10.6 Å². The van der Waals surface area contributed by atoms with Crippen LogP contribution in [0.2, 0.25) is 0 Å². The summed E-state index contributed by atoms with van der Waals surface area (Å²) in [7, 11) is 0. The molecule has 0 saturated heterocycles. The molecule has 1 rings (SSSR count). The molecule has 4 nitrogen and oxygen atoms in total. The van der Waals surface area contributed by atoms with E-state index in [1.807, 2.05) is 6.07 Å². The number of carbonyl (C=O) groups excluding carboxylic acids is 1. The summed E-state index contributed by atoms with van der Waals surface area (Å²) < 4.78 is 0. The standard InChI is InChI=1S/C13H23N3O/c1-10-8-13(2,3)5-4-11(10)16-9-12(17)15-7-6-14/h10-11,16H,4-5,7-9H2,1-3H3,(H,15,17)/t10-,11+/m0/s1. The molecule has 0 heterocycles. The highest BCUT2D eigenvalue weighted by molar-refractivity contribution is 5.78. The number of amides is 1. The molecule has 2 N–H and O–H groups in total. The molecule has 1 aliphatic rings. The number of rotatable bonds is 4. The Kier molecular flexibility index (Phi) is 4.95. The Labute approximate surface area is 104 Å². The molecule has 96 valence electrons. The van der Waals surface area contributed by atoms with Gasteiger partial charge in [0, 0.05) is 6.04 Å². The molecule has 17 heavy (non-hydrogen) atoms. The van der Waals surface area contributed by atoms with Crippen LogP contribution in [0, 0.1) is 22.7 Å². The van der Waals surface area contributed by atoms with Crippen LogP contribution in [0.25, 0.3) is 0 Å². The summed E-state index contributed by atoms with van der Waals surface area (Å²) in [6, 6.07) is 2.32. The predicted octanol–water partition coefficient (Wildman–Crippen LogP) is 1.43. The lowest BCUT2D eigenvalue weighted by Gasteiger charge is -2.39. The van der Waals surface area contributed by atoms with Crippen molar-refractivity contribution in [2.75, 3.05) is 13.1 Å². The van der Waals surface area contributed by atoms with Crippen LogP contribution in [0.5, 0.6) is 0 Å². The molecule has 0 aliphatic heterocycles. The number of nitrogens with one attached hydrogen (secondary N) is 2. The van der Waals surface area contributed by atoms with Gasteiger partial charge in [0.1, 0.15) is 6.54 Å². The molecule has 0 aromatic rings. The maximum Gasteiger partial charge on any atom is 0.234 e. The highest BCUT2D eigenvalue weighted by atomic mass is 16.1. The third kappa shape index (κ3) is 4.74. The third-order valence-corrected chi connectivity index (χ3v) is 3.58. The van der Waals surface area contributed by atoms with Crippen molar-refractivity contribution >= 4 is 5.91 Å². The highest BCUT2D eigenvalue weighted by Gasteiger charge is 2.32. The fourth-order valence-electron chi connectivity index (χ4n) is 2.67. The lowest BCUT2D eigenvalue weighted by molar-refractivity contribution is -0.120. The van der Waals surface area contributed by atoms with Gasteiger partial charge in [-0.2, -0.15) is 5.26 Å². The average molecular weight is 237 g/mol. The van der Waals surface area contributed by atoms with Crippen LogP contribution in [0.15, 0.2) is 0 Å². The second kappa shape index (κ2) is 6.02. The highest BCUT2D eigenvalue weighted by Crippen LogP contribution is 2.38. The molecule has 0 unspecified atom stereocenters. The third-order valence-electron chi connectivity index (χ3n) is 3.58. The Hall–Kier alpha value is -1.08. The van der Waals surface area contributed by atoms with Crippen molar-refractivity contribution in [1.29, 1.82) is 5.26 Å². The van der Waals surface area contributed by atoms with Gasteiger partial charge in [0.05, 0.1) is 12.6 Å². The first-order chi connectivity index (χ1) is 7.94. The summed E-state index contributed by atoms with van der Waals surface area (Å²) in [6.45, 7) is 7.26. The Balaban J connectivity index is 2.29. The summed E-state index contributed by atoms with van der Waals surface area (Å²) in [6.07, 6.45) is 3.53. The lowest BCUT2D eigenvalue weighted by atomic mass is 9.70. The van der Waals surface area contributed by atoms with Gasteiger partial charge in [0.25, 0.3) is 0 Å². The van der Waals surface area contributed by atoms with Crippen LogP contribution in [0.1, 0.15) is 40.0 Å². The quantitative estimate of drug-likeness (QED) is 0.727. The van der Waals surface area contributed by atoms with E-state index in [0.29, 0.717) is 23.9 Å². The average Bonchev–Trinajstić information content (AvgIpc) is 2.24. The van der Waals surface area contributed by atoms with E-state index in [1.54, 1.807) is 0 Å². The summed E-state index contributed by atoms with van der Waals surface area (Å²) in [5.74, 6) is 0.506. The SMILES string of the molecule is C[C@H]1CC(C)(C)CC[C@H]1NCC(=O)NCC#N. The zero-order valence-corrected chi connectivity index (χ0v) is 11.0. The molecule has 0 aromatic carbocycles. The smallest absolute Gasteiger partial charge is 0.234 e. The fourth-order valence-corrected chi connectivity index (χ4v) is 2.67. The van der Waals surface area contributed by atoms with Crippen LogP contribution in [0.3, 0.4) is 0 Å². The summed E-state index contributed by atoms with van der Waals surface area (Å²) in [5, 5.41) is 14.2. The Morgan fingerprint density at radius 1 is 1.53 bits per heavy atom. The molecule has 1 amide bonds. The molecule has 2 atom stereocenters. The van der Waals surface area contributed by atoms with E-state index < -0.39 is 0 Å². The van der Waals surface area contributed by atoms with Gasteiger partial charge in [-0.3, -0.25) is 4.79 Å².